The third kappa shape index (κ3) is 3.18. The summed E-state index contributed by atoms with van der Waals surface area (Å²) >= 11 is 1.21. The van der Waals surface area contributed by atoms with Crippen LogP contribution in [0.4, 0.5) is 5.95 Å². The average molecular weight is 391 g/mol. The number of aromatic nitrogens is 2. The molecule has 4 aromatic rings. The molecule has 0 radical (unpaired) electrons. The van der Waals surface area contributed by atoms with Gasteiger partial charge in [0.2, 0.25) is 5.95 Å². The summed E-state index contributed by atoms with van der Waals surface area (Å²) in [6, 6.07) is 14.4. The number of fused-ring (bicyclic) bond motifs is 2. The van der Waals surface area contributed by atoms with Crippen molar-refractivity contribution in [2.75, 3.05) is 12.3 Å². The molecular formula is C20H17N5O2S. The third-order valence-electron chi connectivity index (χ3n) is 4.45. The van der Waals surface area contributed by atoms with Gasteiger partial charge in [-0.3, -0.25) is 4.79 Å². The summed E-state index contributed by atoms with van der Waals surface area (Å²) in [7, 11) is 0. The van der Waals surface area contributed by atoms with E-state index < -0.39 is 6.04 Å². The van der Waals surface area contributed by atoms with Gasteiger partial charge in [-0.15, -0.1) is 16.2 Å². The standard InChI is InChI=1S/C20H17N5O2S/c1-2-22-18(26)15-10-14-17(23-20(21)24-19(14)28-15)16(25-27)13-8-7-11-5-3-4-6-12(11)9-13/h3-10,16H,2H2,1H3,(H,22,26)(H2,21,23,24). The zero-order chi connectivity index (χ0) is 19.7. The van der Waals surface area contributed by atoms with Crippen LogP contribution in [0.25, 0.3) is 21.0 Å². The van der Waals surface area contributed by atoms with Gasteiger partial charge < -0.3 is 11.1 Å². The minimum Gasteiger partial charge on any atom is -0.368 e. The number of nitrogens with one attached hydrogen (secondary N) is 1. The molecular weight excluding hydrogens is 374 g/mol. The van der Waals surface area contributed by atoms with Crippen molar-refractivity contribution in [1.29, 1.82) is 0 Å². The lowest BCUT2D eigenvalue weighted by Gasteiger charge is -2.11. The van der Waals surface area contributed by atoms with E-state index in [0.717, 1.165) is 10.8 Å². The molecule has 0 aliphatic heterocycles. The van der Waals surface area contributed by atoms with Gasteiger partial charge >= 0.3 is 0 Å². The molecule has 1 amide bonds. The first-order valence-electron chi connectivity index (χ1n) is 8.77. The van der Waals surface area contributed by atoms with Gasteiger partial charge in [0.25, 0.3) is 5.91 Å². The molecule has 1 atom stereocenters. The van der Waals surface area contributed by atoms with Gasteiger partial charge in [-0.1, -0.05) is 41.6 Å². The van der Waals surface area contributed by atoms with E-state index >= 15 is 0 Å². The number of hydrogen-bond acceptors (Lipinski definition) is 7. The number of rotatable bonds is 5. The van der Waals surface area contributed by atoms with Crippen molar-refractivity contribution in [3.63, 3.8) is 0 Å². The Balaban J connectivity index is 1.86. The van der Waals surface area contributed by atoms with Crippen molar-refractivity contribution < 1.29 is 4.79 Å². The maximum Gasteiger partial charge on any atom is 0.261 e. The van der Waals surface area contributed by atoms with Gasteiger partial charge in [0.15, 0.2) is 6.04 Å². The average Bonchev–Trinajstić information content (AvgIpc) is 3.13. The molecule has 0 fully saturated rings. The fraction of sp³-hybridized carbons (Fsp3) is 0.150. The maximum atomic E-state index is 12.2. The quantitative estimate of drug-likeness (QED) is 0.499. The number of amides is 1. The Labute approximate surface area is 164 Å². The minimum atomic E-state index is -0.853. The molecule has 2 heterocycles. The van der Waals surface area contributed by atoms with E-state index in [1.165, 1.54) is 11.3 Å². The number of nitroso groups, excluding NO2 is 1. The van der Waals surface area contributed by atoms with Crippen molar-refractivity contribution in [2.24, 2.45) is 5.18 Å². The molecule has 0 spiro atoms. The SMILES string of the molecule is CCNC(=O)c1cc2c(C(N=O)c3ccc4ccccc4c3)nc(N)nc2s1. The Morgan fingerprint density at radius 3 is 2.71 bits per heavy atom. The predicted octanol–water partition coefficient (Wildman–Crippen LogP) is 4.03. The number of benzene rings is 2. The Bertz CT molecular complexity index is 1200. The smallest absolute Gasteiger partial charge is 0.261 e. The summed E-state index contributed by atoms with van der Waals surface area (Å²) in [5, 5.41) is 8.76. The van der Waals surface area contributed by atoms with Crippen LogP contribution in [0.5, 0.6) is 0 Å². The molecule has 3 N–H and O–H groups in total. The molecule has 7 nitrogen and oxygen atoms in total. The molecule has 4 rings (SSSR count). The Kier molecular flexibility index (Phi) is 4.70. The van der Waals surface area contributed by atoms with Gasteiger partial charge in [0.05, 0.1) is 10.6 Å². The van der Waals surface area contributed by atoms with Gasteiger partial charge in [0.1, 0.15) is 4.83 Å². The highest BCUT2D eigenvalue weighted by Gasteiger charge is 2.23. The number of nitrogen functional groups attached to an aromatic ring is 1. The van der Waals surface area contributed by atoms with Gasteiger partial charge in [0, 0.05) is 11.9 Å². The van der Waals surface area contributed by atoms with E-state index in [1.807, 2.05) is 49.4 Å². The van der Waals surface area contributed by atoms with E-state index in [9.17, 15) is 9.70 Å². The van der Waals surface area contributed by atoms with Crippen LogP contribution in [0.3, 0.4) is 0 Å². The first kappa shape index (κ1) is 18.0. The largest absolute Gasteiger partial charge is 0.368 e. The lowest BCUT2D eigenvalue weighted by Crippen LogP contribution is -2.21. The molecule has 2 aromatic heterocycles. The first-order valence-corrected chi connectivity index (χ1v) is 9.58. The summed E-state index contributed by atoms with van der Waals surface area (Å²) in [6.45, 7) is 2.36. The topological polar surface area (TPSA) is 110 Å². The lowest BCUT2D eigenvalue weighted by molar-refractivity contribution is 0.0960. The molecule has 8 heteroatoms. The van der Waals surface area contributed by atoms with Crippen LogP contribution in [0, 0.1) is 4.91 Å². The highest BCUT2D eigenvalue weighted by atomic mass is 32.1. The number of anilines is 1. The number of hydrogen-bond donors (Lipinski definition) is 2. The first-order chi connectivity index (χ1) is 13.6. The monoisotopic (exact) mass is 391 g/mol. The van der Waals surface area contributed by atoms with E-state index in [0.29, 0.717) is 32.9 Å². The second-order valence-electron chi connectivity index (χ2n) is 6.27. The van der Waals surface area contributed by atoms with E-state index in [2.05, 4.69) is 20.5 Å². The van der Waals surface area contributed by atoms with Crippen LogP contribution < -0.4 is 11.1 Å². The second-order valence-corrected chi connectivity index (χ2v) is 7.30. The number of nitrogens with two attached hydrogens (primary N) is 1. The summed E-state index contributed by atoms with van der Waals surface area (Å²) in [5.74, 6) is -0.155. The fourth-order valence-corrected chi connectivity index (χ4v) is 4.14. The lowest BCUT2D eigenvalue weighted by atomic mass is 9.99. The van der Waals surface area contributed by atoms with Crippen molar-refractivity contribution in [2.45, 2.75) is 13.0 Å². The molecule has 1 unspecified atom stereocenters. The molecule has 0 bridgehead atoms. The van der Waals surface area contributed by atoms with Gasteiger partial charge in [-0.2, -0.15) is 0 Å². The van der Waals surface area contributed by atoms with Crippen LogP contribution in [0.2, 0.25) is 0 Å². The normalized spacial score (nSPS) is 12.2. The van der Waals surface area contributed by atoms with E-state index in [-0.39, 0.29) is 11.9 Å². The summed E-state index contributed by atoms with van der Waals surface area (Å²) in [4.78, 5) is 33.6. The van der Waals surface area contributed by atoms with Crippen molar-refractivity contribution in [1.82, 2.24) is 15.3 Å². The van der Waals surface area contributed by atoms with Crippen molar-refractivity contribution >= 4 is 44.2 Å². The van der Waals surface area contributed by atoms with Crippen LogP contribution in [-0.4, -0.2) is 22.4 Å². The van der Waals surface area contributed by atoms with Crippen LogP contribution in [-0.2, 0) is 0 Å². The van der Waals surface area contributed by atoms with Crippen LogP contribution >= 0.6 is 11.3 Å². The third-order valence-corrected chi connectivity index (χ3v) is 5.48. The molecule has 140 valence electrons. The Morgan fingerprint density at radius 2 is 1.96 bits per heavy atom. The molecule has 0 saturated heterocycles. The molecule has 0 aliphatic rings. The van der Waals surface area contributed by atoms with Crippen LogP contribution in [0.15, 0.2) is 53.7 Å². The van der Waals surface area contributed by atoms with Crippen molar-refractivity contribution in [3.05, 3.63) is 69.6 Å². The predicted molar refractivity (Wildman–Crippen MR) is 111 cm³/mol. The second kappa shape index (κ2) is 7.32. The zero-order valence-corrected chi connectivity index (χ0v) is 15.9. The zero-order valence-electron chi connectivity index (χ0n) is 15.0. The highest BCUT2D eigenvalue weighted by Crippen LogP contribution is 2.35. The van der Waals surface area contributed by atoms with Gasteiger partial charge in [-0.25, -0.2) is 9.97 Å². The number of carbonyl (C=O) groups excluding carboxylic acids is 1. The number of carbonyl (C=O) groups is 1. The van der Waals surface area contributed by atoms with E-state index in [1.54, 1.807) is 6.07 Å². The van der Waals surface area contributed by atoms with E-state index in [4.69, 9.17) is 5.73 Å². The number of nitrogens with zero attached hydrogens (tertiary/aromatic N) is 3. The van der Waals surface area contributed by atoms with Gasteiger partial charge in [-0.05, 0) is 35.4 Å². The van der Waals surface area contributed by atoms with Crippen molar-refractivity contribution in [3.8, 4) is 0 Å². The Hall–Kier alpha value is -3.39. The minimum absolute atomic E-state index is 0.0428. The highest BCUT2D eigenvalue weighted by molar-refractivity contribution is 7.20. The molecule has 28 heavy (non-hydrogen) atoms. The summed E-state index contributed by atoms with van der Waals surface area (Å²) in [6.07, 6.45) is 0. The molecule has 2 aromatic carbocycles. The van der Waals surface area contributed by atoms with Crippen LogP contribution in [0.1, 0.15) is 33.9 Å². The fourth-order valence-electron chi connectivity index (χ4n) is 3.18. The molecule has 0 aliphatic carbocycles. The Morgan fingerprint density at radius 1 is 1.18 bits per heavy atom. The number of thiophene rings is 1. The summed E-state index contributed by atoms with van der Waals surface area (Å²) in [5.41, 5.74) is 6.98. The maximum absolute atomic E-state index is 12.2. The molecule has 0 saturated carbocycles. The summed E-state index contributed by atoms with van der Waals surface area (Å²) < 4.78 is 0.